The van der Waals surface area contributed by atoms with Crippen molar-refractivity contribution < 1.29 is 14.2 Å². The zero-order valence-electron chi connectivity index (χ0n) is 9.79. The Hall–Kier alpha value is -1.22. The van der Waals surface area contributed by atoms with Gasteiger partial charge in [-0.3, -0.25) is 0 Å². The van der Waals surface area contributed by atoms with Crippen LogP contribution >= 0.6 is 0 Å². The lowest BCUT2D eigenvalue weighted by molar-refractivity contribution is 0.261. The first kappa shape index (κ1) is 11.3. The van der Waals surface area contributed by atoms with Crippen molar-refractivity contribution in [2.45, 2.75) is 20.0 Å². The number of ether oxygens (including phenoxy) is 3. The Labute approximate surface area is 96.3 Å². The third-order valence-corrected chi connectivity index (χ3v) is 2.56. The number of hydrogen-bond acceptors (Lipinski definition) is 3. The first-order chi connectivity index (χ1) is 7.70. The van der Waals surface area contributed by atoms with Gasteiger partial charge >= 0.3 is 0 Å². The van der Waals surface area contributed by atoms with Crippen molar-refractivity contribution in [2.75, 3.05) is 19.8 Å². The molecule has 1 saturated heterocycles. The van der Waals surface area contributed by atoms with Crippen LogP contribution in [0.2, 0.25) is 0 Å². The van der Waals surface area contributed by atoms with E-state index in [-0.39, 0.29) is 6.10 Å². The summed E-state index contributed by atoms with van der Waals surface area (Å²) in [6.07, 6.45) is 0.287. The Balaban J connectivity index is 2.08. The van der Waals surface area contributed by atoms with Crippen LogP contribution in [-0.2, 0) is 4.74 Å². The molecule has 0 aliphatic carbocycles. The Kier molecular flexibility index (Phi) is 3.34. The fourth-order valence-electron chi connectivity index (χ4n) is 1.53. The Morgan fingerprint density at radius 1 is 1.25 bits per heavy atom. The predicted octanol–water partition coefficient (Wildman–Crippen LogP) is 2.29. The lowest BCUT2D eigenvalue weighted by atomic mass is 10.1. The monoisotopic (exact) mass is 221 g/mol. The zero-order chi connectivity index (χ0) is 11.5. The highest BCUT2D eigenvalue weighted by Crippen LogP contribution is 2.28. The van der Waals surface area contributed by atoms with Crippen molar-refractivity contribution in [3.63, 3.8) is 0 Å². The van der Waals surface area contributed by atoms with Crippen molar-refractivity contribution in [1.29, 1.82) is 0 Å². The van der Waals surface area contributed by atoms with Crippen molar-refractivity contribution in [3.05, 3.63) is 30.2 Å². The maximum atomic E-state index is 5.68. The van der Waals surface area contributed by atoms with Crippen molar-refractivity contribution in [3.8, 4) is 11.5 Å². The average molecular weight is 221 g/mol. The minimum absolute atomic E-state index is 0.287. The molecule has 1 fully saturated rings. The van der Waals surface area contributed by atoms with E-state index >= 15 is 0 Å². The summed E-state index contributed by atoms with van der Waals surface area (Å²) >= 11 is 0. The summed E-state index contributed by atoms with van der Waals surface area (Å²) in [5.41, 5.74) is 2.15. The molecule has 0 aromatic heterocycles. The second-order valence-electron chi connectivity index (χ2n) is 4.00. The summed E-state index contributed by atoms with van der Waals surface area (Å²) in [7, 11) is 0. The van der Waals surface area contributed by atoms with Crippen LogP contribution in [0.15, 0.2) is 12.1 Å². The van der Waals surface area contributed by atoms with Crippen molar-refractivity contribution >= 4 is 0 Å². The van der Waals surface area contributed by atoms with E-state index < -0.39 is 0 Å². The third-order valence-electron chi connectivity index (χ3n) is 2.56. The van der Waals surface area contributed by atoms with Gasteiger partial charge in [0.1, 0.15) is 24.2 Å². The Morgan fingerprint density at radius 2 is 1.81 bits per heavy atom. The second kappa shape index (κ2) is 4.74. The molecular weight excluding hydrogens is 204 g/mol. The number of epoxide rings is 1. The van der Waals surface area contributed by atoms with Crippen LogP contribution in [0, 0.1) is 20.8 Å². The minimum atomic E-state index is 0.287. The lowest BCUT2D eigenvalue weighted by Gasteiger charge is -2.12. The topological polar surface area (TPSA) is 31.0 Å². The molecule has 1 aromatic rings. The maximum absolute atomic E-state index is 5.68. The molecule has 0 bridgehead atoms. The van der Waals surface area contributed by atoms with Crippen molar-refractivity contribution in [1.82, 2.24) is 0 Å². The highest BCUT2D eigenvalue weighted by Gasteiger charge is 2.23. The smallest absolute Gasteiger partial charge is 0.122 e. The fraction of sp³-hybridized carbons (Fsp3) is 0.462. The number of benzene rings is 1. The molecule has 1 aromatic carbocycles. The van der Waals surface area contributed by atoms with Crippen LogP contribution in [-0.4, -0.2) is 25.9 Å². The van der Waals surface area contributed by atoms with Crippen LogP contribution in [0.25, 0.3) is 0 Å². The minimum Gasteiger partial charge on any atom is -0.493 e. The molecule has 3 nitrogen and oxygen atoms in total. The summed E-state index contributed by atoms with van der Waals surface area (Å²) in [4.78, 5) is 0. The molecular formula is C13H17O3. The average Bonchev–Trinajstić information content (AvgIpc) is 3.05. The molecule has 0 saturated carbocycles. The standard InChI is InChI=1S/C13H17O3/c1-4-14-12-5-10(3)13(6-9(12)2)16-8-11-7-15-11/h5-6,11H,1,4,7-8H2,2-3H3. The molecule has 0 spiro atoms. The van der Waals surface area contributed by atoms with Gasteiger partial charge in [0.15, 0.2) is 0 Å². The van der Waals surface area contributed by atoms with Gasteiger partial charge in [-0.1, -0.05) is 0 Å². The van der Waals surface area contributed by atoms with Gasteiger partial charge in [-0.2, -0.15) is 0 Å². The maximum Gasteiger partial charge on any atom is 0.122 e. The highest BCUT2D eigenvalue weighted by atomic mass is 16.6. The Morgan fingerprint density at radius 3 is 2.31 bits per heavy atom. The van der Waals surface area contributed by atoms with Crippen LogP contribution in [0.3, 0.4) is 0 Å². The highest BCUT2D eigenvalue weighted by molar-refractivity contribution is 5.45. The third kappa shape index (κ3) is 2.67. The van der Waals surface area contributed by atoms with Gasteiger partial charge in [0.2, 0.25) is 0 Å². The zero-order valence-corrected chi connectivity index (χ0v) is 9.79. The summed E-state index contributed by atoms with van der Waals surface area (Å²) in [5, 5.41) is 0. The van der Waals surface area contributed by atoms with E-state index in [9.17, 15) is 0 Å². The van der Waals surface area contributed by atoms with E-state index in [0.717, 1.165) is 29.2 Å². The summed E-state index contributed by atoms with van der Waals surface area (Å²) in [6, 6.07) is 3.99. The van der Waals surface area contributed by atoms with Gasteiger partial charge in [-0.05, 0) is 44.0 Å². The molecule has 16 heavy (non-hydrogen) atoms. The van der Waals surface area contributed by atoms with Crippen molar-refractivity contribution in [2.24, 2.45) is 0 Å². The van der Waals surface area contributed by atoms with Gasteiger partial charge in [-0.25, -0.2) is 0 Å². The fourth-order valence-corrected chi connectivity index (χ4v) is 1.53. The van der Waals surface area contributed by atoms with Gasteiger partial charge in [0.25, 0.3) is 0 Å². The molecule has 1 radical (unpaired) electrons. The Bertz CT molecular complexity index is 370. The van der Waals surface area contributed by atoms with Crippen LogP contribution in [0.1, 0.15) is 11.1 Å². The molecule has 0 amide bonds. The van der Waals surface area contributed by atoms with E-state index in [2.05, 4.69) is 6.92 Å². The number of hydrogen-bond donors (Lipinski definition) is 0. The first-order valence-corrected chi connectivity index (χ1v) is 5.48. The van der Waals surface area contributed by atoms with E-state index in [1.807, 2.05) is 26.0 Å². The lowest BCUT2D eigenvalue weighted by Crippen LogP contribution is -2.05. The van der Waals surface area contributed by atoms with Crippen LogP contribution in [0.4, 0.5) is 0 Å². The summed E-state index contributed by atoms with van der Waals surface area (Å²) < 4.78 is 16.2. The molecule has 3 heteroatoms. The SMILES string of the molecule is [CH2]COc1cc(C)c(OCC2CO2)cc1C. The van der Waals surface area contributed by atoms with E-state index in [0.29, 0.717) is 13.2 Å². The molecule has 1 aliphatic rings. The summed E-state index contributed by atoms with van der Waals surface area (Å²) in [5.74, 6) is 1.78. The quantitative estimate of drug-likeness (QED) is 0.715. The molecule has 1 heterocycles. The number of aryl methyl sites for hydroxylation is 2. The van der Waals surface area contributed by atoms with Crippen LogP contribution in [0.5, 0.6) is 11.5 Å². The molecule has 2 rings (SSSR count). The molecule has 1 unspecified atom stereocenters. The molecule has 87 valence electrons. The van der Waals surface area contributed by atoms with Gasteiger partial charge in [0.05, 0.1) is 13.2 Å². The van der Waals surface area contributed by atoms with E-state index in [4.69, 9.17) is 14.2 Å². The van der Waals surface area contributed by atoms with E-state index in [1.165, 1.54) is 0 Å². The predicted molar refractivity (Wildman–Crippen MR) is 62.0 cm³/mol. The number of rotatable bonds is 5. The normalized spacial score (nSPS) is 18.3. The van der Waals surface area contributed by atoms with E-state index in [1.54, 1.807) is 0 Å². The molecule has 1 atom stereocenters. The largest absolute Gasteiger partial charge is 0.493 e. The molecule has 1 aliphatic heterocycles. The molecule has 0 N–H and O–H groups in total. The summed E-state index contributed by atoms with van der Waals surface area (Å²) in [6.45, 7) is 9.58. The van der Waals surface area contributed by atoms with Gasteiger partial charge in [0, 0.05) is 0 Å². The van der Waals surface area contributed by atoms with Gasteiger partial charge < -0.3 is 14.2 Å². The first-order valence-electron chi connectivity index (χ1n) is 5.48. The second-order valence-corrected chi connectivity index (χ2v) is 4.00. The van der Waals surface area contributed by atoms with Gasteiger partial charge in [-0.15, -0.1) is 0 Å². The van der Waals surface area contributed by atoms with Crippen LogP contribution < -0.4 is 9.47 Å².